The van der Waals surface area contributed by atoms with E-state index >= 15 is 0 Å². The van der Waals surface area contributed by atoms with Crippen molar-refractivity contribution in [3.05, 3.63) is 113 Å². The molecule has 0 atom stereocenters. The summed E-state index contributed by atoms with van der Waals surface area (Å²) in [5.41, 5.74) is 5.95. The summed E-state index contributed by atoms with van der Waals surface area (Å²) in [7, 11) is 3.78. The number of likely N-dealkylation sites (N-methyl/N-ethyl adjacent to an activating group) is 1. The van der Waals surface area contributed by atoms with Crippen LogP contribution in [0.1, 0.15) is 38.3 Å². The Balaban J connectivity index is 1.19. The second kappa shape index (κ2) is 15.4. The number of carbonyl (C=O) groups is 3. The average Bonchev–Trinajstić information content (AvgIpc) is 3.09. The topological polar surface area (TPSA) is 94.2 Å². The summed E-state index contributed by atoms with van der Waals surface area (Å²) in [6, 6.07) is 28.3. The van der Waals surface area contributed by atoms with Crippen molar-refractivity contribution in [3.63, 3.8) is 0 Å². The minimum Gasteiger partial charge on any atom is -0.491 e. The predicted octanol–water partition coefficient (Wildman–Crippen LogP) is 6.23. The number of benzene rings is 4. The summed E-state index contributed by atoms with van der Waals surface area (Å²) >= 11 is 0. The summed E-state index contributed by atoms with van der Waals surface area (Å²) in [5, 5.41) is 6.02. The van der Waals surface area contributed by atoms with Crippen LogP contribution in [0.15, 0.2) is 91.0 Å². The van der Waals surface area contributed by atoms with Gasteiger partial charge in [-0.25, -0.2) is 4.79 Å². The predicted molar refractivity (Wildman–Crippen MR) is 188 cm³/mol. The molecule has 1 saturated heterocycles. The summed E-state index contributed by atoms with van der Waals surface area (Å²) in [6.45, 7) is 7.95. The highest BCUT2D eigenvalue weighted by molar-refractivity contribution is 6.10. The number of rotatable bonds is 10. The molecule has 1 aliphatic heterocycles. The molecule has 0 spiro atoms. The molecule has 1 fully saturated rings. The van der Waals surface area contributed by atoms with Crippen LogP contribution in [0.25, 0.3) is 11.1 Å². The lowest BCUT2D eigenvalue weighted by Crippen LogP contribution is -2.50. The molecule has 9 heteroatoms. The molecule has 4 amide bonds. The fourth-order valence-electron chi connectivity index (χ4n) is 5.57. The Morgan fingerprint density at radius 2 is 1.57 bits per heavy atom. The van der Waals surface area contributed by atoms with Crippen LogP contribution >= 0.6 is 0 Å². The second-order valence-electron chi connectivity index (χ2n) is 12.0. The van der Waals surface area contributed by atoms with Crippen LogP contribution in [0.4, 0.5) is 16.2 Å². The van der Waals surface area contributed by atoms with Crippen molar-refractivity contribution in [1.29, 1.82) is 0 Å². The van der Waals surface area contributed by atoms with Gasteiger partial charge in [-0.15, -0.1) is 0 Å². The van der Waals surface area contributed by atoms with E-state index in [0.717, 1.165) is 48.4 Å². The van der Waals surface area contributed by atoms with E-state index in [0.29, 0.717) is 47.8 Å². The lowest BCUT2D eigenvalue weighted by Gasteiger charge is -2.32. The standard InChI is InChI=1S/C38H43N5O4/c1-27-15-17-31(29-11-6-5-7-12-29)32(25-27)36(44)40-33-18-16-30(26-28(33)2)37(45)42(4)34-13-8-9-14-35(34)47-24-10-19-39-38(46)43-22-20-41(3)21-23-43/h5-9,11-18,25-26H,10,19-24H2,1-4H3,(H,39,46)(H,40,44). The monoisotopic (exact) mass is 633 g/mol. The van der Waals surface area contributed by atoms with Crippen molar-refractivity contribution in [2.45, 2.75) is 20.3 Å². The Bertz CT molecular complexity index is 1720. The number of aryl methyl sites for hydroxylation is 2. The molecule has 0 aliphatic carbocycles. The SMILES string of the molecule is Cc1ccc(-c2ccccc2)c(C(=O)Nc2ccc(C(=O)N(C)c3ccccc3OCCCNC(=O)N3CCN(C)CC3)cc2C)c1. The highest BCUT2D eigenvalue weighted by Gasteiger charge is 2.20. The molecule has 9 nitrogen and oxygen atoms in total. The number of nitrogens with zero attached hydrogens (tertiary/aromatic N) is 3. The first kappa shape index (κ1) is 33.2. The maximum Gasteiger partial charge on any atom is 0.317 e. The van der Waals surface area contributed by atoms with Crippen molar-refractivity contribution in [3.8, 4) is 16.9 Å². The number of hydrogen-bond acceptors (Lipinski definition) is 5. The van der Waals surface area contributed by atoms with Gasteiger partial charge in [0.1, 0.15) is 5.75 Å². The van der Waals surface area contributed by atoms with E-state index in [1.54, 1.807) is 30.1 Å². The molecule has 1 heterocycles. The normalized spacial score (nSPS) is 13.1. The van der Waals surface area contributed by atoms with E-state index in [4.69, 9.17) is 4.74 Å². The third-order valence-corrected chi connectivity index (χ3v) is 8.40. The molecule has 0 radical (unpaired) electrons. The number of hydrogen-bond donors (Lipinski definition) is 2. The minimum absolute atomic E-state index is 0.0446. The number of para-hydroxylation sites is 2. The molecule has 4 aromatic carbocycles. The van der Waals surface area contributed by atoms with Crippen LogP contribution < -0.4 is 20.3 Å². The van der Waals surface area contributed by atoms with E-state index < -0.39 is 0 Å². The van der Waals surface area contributed by atoms with Crippen molar-refractivity contribution in [2.24, 2.45) is 0 Å². The van der Waals surface area contributed by atoms with Gasteiger partial charge in [-0.2, -0.15) is 0 Å². The highest BCUT2D eigenvalue weighted by atomic mass is 16.5. The van der Waals surface area contributed by atoms with Crippen molar-refractivity contribution >= 4 is 29.2 Å². The third kappa shape index (κ3) is 8.37. The van der Waals surface area contributed by atoms with Gasteiger partial charge in [-0.3, -0.25) is 9.59 Å². The Kier molecular flexibility index (Phi) is 10.9. The molecule has 0 bridgehead atoms. The molecular formula is C38H43N5O4. The first-order valence-electron chi connectivity index (χ1n) is 16.0. The largest absolute Gasteiger partial charge is 0.491 e. The number of ether oxygens (including phenoxy) is 1. The fourth-order valence-corrected chi connectivity index (χ4v) is 5.57. The van der Waals surface area contributed by atoms with E-state index in [9.17, 15) is 14.4 Å². The summed E-state index contributed by atoms with van der Waals surface area (Å²) in [4.78, 5) is 45.1. The summed E-state index contributed by atoms with van der Waals surface area (Å²) < 4.78 is 6.05. The zero-order valence-electron chi connectivity index (χ0n) is 27.6. The lowest BCUT2D eigenvalue weighted by molar-refractivity contribution is 0.0990. The number of amides is 4. The molecule has 0 saturated carbocycles. The van der Waals surface area contributed by atoms with Crippen LogP contribution in [-0.4, -0.2) is 81.1 Å². The van der Waals surface area contributed by atoms with E-state index in [2.05, 4.69) is 22.6 Å². The highest BCUT2D eigenvalue weighted by Crippen LogP contribution is 2.30. The van der Waals surface area contributed by atoms with E-state index in [1.807, 2.05) is 91.5 Å². The summed E-state index contributed by atoms with van der Waals surface area (Å²) in [6.07, 6.45) is 0.632. The van der Waals surface area contributed by atoms with Crippen LogP contribution in [-0.2, 0) is 0 Å². The lowest BCUT2D eigenvalue weighted by atomic mass is 9.97. The van der Waals surface area contributed by atoms with Gasteiger partial charge in [0.15, 0.2) is 0 Å². The van der Waals surface area contributed by atoms with Crippen LogP contribution in [0.5, 0.6) is 5.75 Å². The van der Waals surface area contributed by atoms with Crippen molar-refractivity contribution in [1.82, 2.24) is 15.1 Å². The molecular weight excluding hydrogens is 590 g/mol. The zero-order valence-corrected chi connectivity index (χ0v) is 27.6. The zero-order chi connectivity index (χ0) is 33.3. The number of urea groups is 1. The van der Waals surface area contributed by atoms with Gasteiger partial charge in [0.2, 0.25) is 0 Å². The molecule has 2 N–H and O–H groups in total. The van der Waals surface area contributed by atoms with Crippen LogP contribution in [0.2, 0.25) is 0 Å². The maximum absolute atomic E-state index is 13.6. The fraction of sp³-hybridized carbons (Fsp3) is 0.289. The van der Waals surface area contributed by atoms with Crippen LogP contribution in [0.3, 0.4) is 0 Å². The molecule has 244 valence electrons. The van der Waals surface area contributed by atoms with Crippen molar-refractivity contribution < 1.29 is 19.1 Å². The molecule has 47 heavy (non-hydrogen) atoms. The molecule has 4 aromatic rings. The second-order valence-corrected chi connectivity index (χ2v) is 12.0. The van der Waals surface area contributed by atoms with E-state index in [-0.39, 0.29) is 17.8 Å². The Morgan fingerprint density at radius 3 is 2.32 bits per heavy atom. The minimum atomic E-state index is -0.211. The number of nitrogens with one attached hydrogen (secondary N) is 2. The van der Waals surface area contributed by atoms with Crippen LogP contribution in [0, 0.1) is 13.8 Å². The van der Waals surface area contributed by atoms with Gasteiger partial charge in [0, 0.05) is 56.6 Å². The molecule has 0 aromatic heterocycles. The Labute approximate surface area is 277 Å². The van der Waals surface area contributed by atoms with Gasteiger partial charge < -0.3 is 30.1 Å². The number of carbonyl (C=O) groups excluding carboxylic acids is 3. The van der Waals surface area contributed by atoms with Gasteiger partial charge in [-0.05, 0) is 80.4 Å². The first-order valence-corrected chi connectivity index (χ1v) is 16.0. The smallest absolute Gasteiger partial charge is 0.317 e. The third-order valence-electron chi connectivity index (χ3n) is 8.40. The van der Waals surface area contributed by atoms with Gasteiger partial charge in [-0.1, -0.05) is 60.2 Å². The number of piperazine rings is 1. The first-order chi connectivity index (χ1) is 22.7. The van der Waals surface area contributed by atoms with Crippen molar-refractivity contribution in [2.75, 3.05) is 63.6 Å². The number of anilines is 2. The Morgan fingerprint density at radius 1 is 0.851 bits per heavy atom. The molecule has 1 aliphatic rings. The maximum atomic E-state index is 13.6. The quantitative estimate of drug-likeness (QED) is 0.202. The van der Waals surface area contributed by atoms with Gasteiger partial charge in [0.25, 0.3) is 11.8 Å². The molecule has 0 unspecified atom stereocenters. The van der Waals surface area contributed by atoms with Gasteiger partial charge >= 0.3 is 6.03 Å². The Hall–Kier alpha value is -5.15. The average molecular weight is 634 g/mol. The van der Waals surface area contributed by atoms with E-state index in [1.165, 1.54) is 0 Å². The van der Waals surface area contributed by atoms with Gasteiger partial charge in [0.05, 0.1) is 12.3 Å². The summed E-state index contributed by atoms with van der Waals surface area (Å²) in [5.74, 6) is 0.171. The molecule has 5 rings (SSSR count).